The quantitative estimate of drug-likeness (QED) is 0.664. The van der Waals surface area contributed by atoms with Crippen LogP contribution in [0.4, 0.5) is 0 Å². The third-order valence-corrected chi connectivity index (χ3v) is 2.46. The van der Waals surface area contributed by atoms with Crippen LogP contribution in [0.1, 0.15) is 33.6 Å². The highest BCUT2D eigenvalue weighted by Gasteiger charge is 2.10. The molecule has 72 valence electrons. The lowest BCUT2D eigenvalue weighted by Gasteiger charge is -2.11. The highest BCUT2D eigenvalue weighted by atomic mass is 35.5. The number of rotatable bonds is 5. The molecule has 0 bridgehead atoms. The van der Waals surface area contributed by atoms with E-state index in [1.54, 1.807) is 0 Å². The molecule has 0 spiro atoms. The molecule has 0 aliphatic heterocycles. The first kappa shape index (κ1) is 11.8. The Bertz CT molecular complexity index is 138. The lowest BCUT2D eigenvalue weighted by molar-refractivity contribution is -0.124. The van der Waals surface area contributed by atoms with Crippen LogP contribution >= 0.6 is 11.6 Å². The van der Waals surface area contributed by atoms with Crippen molar-refractivity contribution in [2.75, 3.05) is 6.54 Å². The molecule has 0 fully saturated rings. The molecule has 0 aromatic rings. The minimum atomic E-state index is 0.0676. The van der Waals surface area contributed by atoms with Gasteiger partial charge >= 0.3 is 0 Å². The molecule has 0 saturated heterocycles. The molecule has 0 rings (SSSR count). The Hall–Kier alpha value is -0.240. The van der Waals surface area contributed by atoms with E-state index in [0.29, 0.717) is 6.54 Å². The Morgan fingerprint density at radius 2 is 2.00 bits per heavy atom. The summed E-state index contributed by atoms with van der Waals surface area (Å²) in [4.78, 5) is 11.2. The average molecular weight is 192 g/mol. The number of hydrogen-bond acceptors (Lipinski definition) is 1. The molecule has 0 radical (unpaired) electrons. The topological polar surface area (TPSA) is 29.1 Å². The van der Waals surface area contributed by atoms with Crippen molar-refractivity contribution in [2.24, 2.45) is 5.92 Å². The standard InChI is InChI=1S/C9H18ClNO/c1-4-7(3)9(12)11-6-8(10)5-2/h7-8H,4-6H2,1-3H3,(H,11,12). The van der Waals surface area contributed by atoms with Gasteiger partial charge in [0.05, 0.1) is 5.38 Å². The number of hydrogen-bond donors (Lipinski definition) is 1. The smallest absolute Gasteiger partial charge is 0.222 e. The van der Waals surface area contributed by atoms with E-state index >= 15 is 0 Å². The summed E-state index contributed by atoms with van der Waals surface area (Å²) in [5, 5.41) is 2.88. The maximum atomic E-state index is 11.2. The molecule has 2 unspecified atom stereocenters. The van der Waals surface area contributed by atoms with Crippen molar-refractivity contribution in [1.82, 2.24) is 5.32 Å². The van der Waals surface area contributed by atoms with E-state index in [9.17, 15) is 4.79 Å². The number of carbonyl (C=O) groups excluding carboxylic acids is 1. The van der Waals surface area contributed by atoms with Crippen LogP contribution in [0.25, 0.3) is 0 Å². The summed E-state index contributed by atoms with van der Waals surface area (Å²) in [5.74, 6) is 0.210. The lowest BCUT2D eigenvalue weighted by Crippen LogP contribution is -2.33. The summed E-state index contributed by atoms with van der Waals surface area (Å²) in [6.07, 6.45) is 1.77. The van der Waals surface area contributed by atoms with Gasteiger partial charge in [0.1, 0.15) is 0 Å². The van der Waals surface area contributed by atoms with Crippen LogP contribution in [-0.4, -0.2) is 17.8 Å². The fraction of sp³-hybridized carbons (Fsp3) is 0.889. The van der Waals surface area contributed by atoms with Gasteiger partial charge < -0.3 is 5.32 Å². The summed E-state index contributed by atoms with van der Waals surface area (Å²) < 4.78 is 0. The Morgan fingerprint density at radius 1 is 1.42 bits per heavy atom. The highest BCUT2D eigenvalue weighted by Crippen LogP contribution is 2.02. The first-order valence-corrected chi connectivity index (χ1v) is 4.97. The summed E-state index contributed by atoms with van der Waals surface area (Å²) in [6, 6.07) is 0. The van der Waals surface area contributed by atoms with Crippen molar-refractivity contribution in [3.63, 3.8) is 0 Å². The molecule has 12 heavy (non-hydrogen) atoms. The van der Waals surface area contributed by atoms with Gasteiger partial charge in [0.25, 0.3) is 0 Å². The Kier molecular flexibility index (Phi) is 6.17. The van der Waals surface area contributed by atoms with Crippen LogP contribution in [0, 0.1) is 5.92 Å². The van der Waals surface area contributed by atoms with Gasteiger partial charge in [-0.15, -0.1) is 11.6 Å². The zero-order valence-electron chi connectivity index (χ0n) is 8.06. The number of carbonyl (C=O) groups is 1. The molecule has 1 amide bonds. The summed E-state index contributed by atoms with van der Waals surface area (Å²) in [6.45, 7) is 6.51. The van der Waals surface area contributed by atoms with E-state index in [1.807, 2.05) is 20.8 Å². The molecule has 0 aliphatic rings. The van der Waals surface area contributed by atoms with Crippen molar-refractivity contribution >= 4 is 17.5 Å². The number of halogens is 1. The molecule has 3 heteroatoms. The number of amides is 1. The van der Waals surface area contributed by atoms with Crippen molar-refractivity contribution in [3.05, 3.63) is 0 Å². The van der Waals surface area contributed by atoms with Crippen molar-refractivity contribution in [1.29, 1.82) is 0 Å². The molecule has 0 aliphatic carbocycles. The normalized spacial score (nSPS) is 15.3. The molecule has 0 aromatic heterocycles. The summed E-state index contributed by atoms with van der Waals surface area (Å²) in [7, 11) is 0. The van der Waals surface area contributed by atoms with Gasteiger partial charge in [0.15, 0.2) is 0 Å². The van der Waals surface area contributed by atoms with E-state index in [0.717, 1.165) is 12.8 Å². The SMILES string of the molecule is CCC(Cl)CNC(=O)C(C)CC. The van der Waals surface area contributed by atoms with Crippen molar-refractivity contribution in [3.8, 4) is 0 Å². The average Bonchev–Trinajstić information content (AvgIpc) is 2.11. The Labute approximate surface area is 79.7 Å². The second-order valence-corrected chi connectivity index (χ2v) is 3.68. The third kappa shape index (κ3) is 4.60. The van der Waals surface area contributed by atoms with Crippen LogP contribution in [0.5, 0.6) is 0 Å². The fourth-order valence-corrected chi connectivity index (χ4v) is 0.792. The van der Waals surface area contributed by atoms with E-state index in [2.05, 4.69) is 5.32 Å². The maximum absolute atomic E-state index is 11.2. The molecule has 0 saturated carbocycles. The minimum absolute atomic E-state index is 0.0676. The molecule has 0 heterocycles. The van der Waals surface area contributed by atoms with Crippen molar-refractivity contribution < 1.29 is 4.79 Å². The van der Waals surface area contributed by atoms with Crippen LogP contribution in [0.3, 0.4) is 0 Å². The highest BCUT2D eigenvalue weighted by molar-refractivity contribution is 6.20. The molecular formula is C9H18ClNO. The zero-order valence-corrected chi connectivity index (χ0v) is 8.82. The van der Waals surface area contributed by atoms with Gasteiger partial charge in [0, 0.05) is 12.5 Å². The predicted octanol–water partition coefficient (Wildman–Crippen LogP) is 2.17. The van der Waals surface area contributed by atoms with E-state index in [1.165, 1.54) is 0 Å². The van der Waals surface area contributed by atoms with E-state index < -0.39 is 0 Å². The van der Waals surface area contributed by atoms with Gasteiger partial charge in [-0.3, -0.25) is 4.79 Å². The van der Waals surface area contributed by atoms with Crippen LogP contribution < -0.4 is 5.32 Å². The van der Waals surface area contributed by atoms with E-state index in [-0.39, 0.29) is 17.2 Å². The Balaban J connectivity index is 3.56. The van der Waals surface area contributed by atoms with Crippen LogP contribution in [0.2, 0.25) is 0 Å². The van der Waals surface area contributed by atoms with Gasteiger partial charge in [-0.2, -0.15) is 0 Å². The molecular weight excluding hydrogens is 174 g/mol. The zero-order chi connectivity index (χ0) is 9.56. The van der Waals surface area contributed by atoms with E-state index in [4.69, 9.17) is 11.6 Å². The van der Waals surface area contributed by atoms with Crippen molar-refractivity contribution in [2.45, 2.75) is 39.0 Å². The molecule has 2 nitrogen and oxygen atoms in total. The number of nitrogens with one attached hydrogen (secondary N) is 1. The molecule has 1 N–H and O–H groups in total. The second-order valence-electron chi connectivity index (χ2n) is 3.06. The Morgan fingerprint density at radius 3 is 2.42 bits per heavy atom. The minimum Gasteiger partial charge on any atom is -0.354 e. The van der Waals surface area contributed by atoms with Gasteiger partial charge in [-0.1, -0.05) is 20.8 Å². The number of alkyl halides is 1. The molecule has 0 aromatic carbocycles. The first-order valence-electron chi connectivity index (χ1n) is 4.53. The van der Waals surface area contributed by atoms with Crippen LogP contribution in [0.15, 0.2) is 0 Å². The fourth-order valence-electron chi connectivity index (χ4n) is 0.715. The van der Waals surface area contributed by atoms with Gasteiger partial charge in [-0.05, 0) is 12.8 Å². The lowest BCUT2D eigenvalue weighted by atomic mass is 10.1. The summed E-state index contributed by atoms with van der Waals surface area (Å²) in [5.41, 5.74) is 0. The van der Waals surface area contributed by atoms with Crippen LogP contribution in [-0.2, 0) is 4.79 Å². The van der Waals surface area contributed by atoms with Gasteiger partial charge in [-0.25, -0.2) is 0 Å². The second kappa shape index (κ2) is 6.30. The van der Waals surface area contributed by atoms with Gasteiger partial charge in [0.2, 0.25) is 5.91 Å². The first-order chi connectivity index (χ1) is 5.61. The molecule has 2 atom stereocenters. The summed E-state index contributed by atoms with van der Waals surface area (Å²) >= 11 is 5.84. The largest absolute Gasteiger partial charge is 0.354 e. The predicted molar refractivity (Wildman–Crippen MR) is 52.4 cm³/mol. The monoisotopic (exact) mass is 191 g/mol. The third-order valence-electron chi connectivity index (χ3n) is 2.00. The maximum Gasteiger partial charge on any atom is 0.222 e.